The second-order valence-corrected chi connectivity index (χ2v) is 10.9. The van der Waals surface area contributed by atoms with Crippen molar-refractivity contribution in [3.05, 3.63) is 5.82 Å². The lowest BCUT2D eigenvalue weighted by Gasteiger charge is -2.06. The maximum Gasteiger partial charge on any atom is 0.220 e. The number of rotatable bonds is 27. The van der Waals surface area contributed by atoms with E-state index in [9.17, 15) is 18.8 Å². The Labute approximate surface area is 322 Å². The minimum Gasteiger partial charge on any atom is -0.356 e. The van der Waals surface area contributed by atoms with Gasteiger partial charge >= 0.3 is 0 Å². The molecule has 0 aromatic carbocycles. The number of hydrogen-bond donors (Lipinski definition) is 3. The number of aldehydes is 1. The van der Waals surface area contributed by atoms with Crippen molar-refractivity contribution in [2.45, 2.75) is 161 Å². The highest BCUT2D eigenvalue weighted by Crippen LogP contribution is 2.14. The molecule has 1 heterocycles. The van der Waals surface area contributed by atoms with E-state index < -0.39 is 0 Å². The van der Waals surface area contributed by atoms with Crippen molar-refractivity contribution in [3.8, 4) is 25.7 Å². The van der Waals surface area contributed by atoms with Crippen molar-refractivity contribution in [1.29, 1.82) is 0 Å². The average Bonchev–Trinajstić information content (AvgIpc) is 3.73. The molecule has 4 N–H and O–H groups in total. The Balaban J connectivity index is -0.000000236. The number of aromatic amines is 1. The van der Waals surface area contributed by atoms with Crippen molar-refractivity contribution >= 4 is 48.3 Å². The van der Waals surface area contributed by atoms with Crippen LogP contribution in [0.5, 0.6) is 0 Å². The van der Waals surface area contributed by atoms with Crippen LogP contribution in [0.4, 0.5) is 4.39 Å². The lowest BCUT2D eigenvalue weighted by atomic mass is 9.88. The number of aromatic nitrogens is 4. The number of unbranched alkanes of at least 4 members (excludes halogenated alkanes) is 14. The zero-order valence-electron chi connectivity index (χ0n) is 33.3. The van der Waals surface area contributed by atoms with Gasteiger partial charge in [-0.15, -0.1) is 42.1 Å². The summed E-state index contributed by atoms with van der Waals surface area (Å²) in [6.45, 7) is 6.07. The van der Waals surface area contributed by atoms with E-state index in [1.807, 2.05) is 13.7 Å². The largest absolute Gasteiger partial charge is 0.356 e. The first kappa shape index (κ1) is 63.8. The number of aryl methyl sites for hydroxylation is 1. The summed E-state index contributed by atoms with van der Waals surface area (Å²) in [5.74, 6) is 1.25. The van der Waals surface area contributed by atoms with Crippen LogP contribution < -0.4 is 11.1 Å². The summed E-state index contributed by atoms with van der Waals surface area (Å²) >= 11 is 0. The molecule has 1 rings (SSSR count). The average molecular weight is 728 g/mol. The molecule has 294 valence electrons. The highest BCUT2D eigenvalue weighted by atomic mass is 19.1. The SMILES string of the molecule is C#C.C#C.C=O.CC(C=O)CCCCNC(=O)CCCC(=O)CCCCCCCCCCCCCCCCc1nn[nH]n1.CF.CN.[B]C.[B]C[B]. The summed E-state index contributed by atoms with van der Waals surface area (Å²) in [5.41, 5.74) is 4.50. The topological polar surface area (TPSA) is 161 Å². The van der Waals surface area contributed by atoms with Crippen LogP contribution in [-0.4, -0.2) is 89.7 Å². The maximum absolute atomic E-state index is 12.0. The Morgan fingerprint density at radius 3 is 1.58 bits per heavy atom. The van der Waals surface area contributed by atoms with E-state index >= 15 is 0 Å². The predicted molar refractivity (Wildman–Crippen MR) is 220 cm³/mol. The van der Waals surface area contributed by atoms with Crippen LogP contribution in [0, 0.1) is 31.6 Å². The Morgan fingerprint density at radius 1 is 0.769 bits per heavy atom. The zero-order valence-corrected chi connectivity index (χ0v) is 33.3. The molecule has 0 fully saturated rings. The fraction of sp³-hybridized carbons (Fsp3) is 0.763. The monoisotopic (exact) mass is 729 g/mol. The summed E-state index contributed by atoms with van der Waals surface area (Å²) in [5, 5.41) is 16.9. The van der Waals surface area contributed by atoms with E-state index in [0.29, 0.717) is 45.2 Å². The van der Waals surface area contributed by atoms with Gasteiger partial charge in [-0.1, -0.05) is 102 Å². The highest BCUT2D eigenvalue weighted by Gasteiger charge is 2.06. The van der Waals surface area contributed by atoms with Crippen molar-refractivity contribution in [2.24, 2.45) is 11.7 Å². The third-order valence-electron chi connectivity index (χ3n) is 7.00. The first-order valence-electron chi connectivity index (χ1n) is 18.4. The number of halogens is 1. The lowest BCUT2D eigenvalue weighted by molar-refractivity contribution is -0.122. The molecule has 0 bridgehead atoms. The Bertz CT molecular complexity index is 817. The van der Waals surface area contributed by atoms with Crippen LogP contribution in [0.2, 0.25) is 13.0 Å². The number of nitrogens with two attached hydrogens (primary N) is 1. The third kappa shape index (κ3) is 65.2. The predicted octanol–water partition coefficient (Wildman–Crippen LogP) is 6.83. The number of terminal acetylenes is 2. The van der Waals surface area contributed by atoms with Crippen LogP contribution in [-0.2, 0) is 25.6 Å². The number of tetrazole rings is 1. The van der Waals surface area contributed by atoms with Crippen molar-refractivity contribution in [3.63, 3.8) is 0 Å². The molecule has 14 heteroatoms. The Morgan fingerprint density at radius 2 is 1.17 bits per heavy atom. The summed E-state index contributed by atoms with van der Waals surface area (Å²) < 4.78 is 9.50. The smallest absolute Gasteiger partial charge is 0.220 e. The minimum atomic E-state index is 0.0319. The summed E-state index contributed by atoms with van der Waals surface area (Å²) in [6, 6.07) is 0. The summed E-state index contributed by atoms with van der Waals surface area (Å²) in [6.07, 6.45) is 40.9. The first-order valence-corrected chi connectivity index (χ1v) is 18.4. The molecule has 1 amide bonds. The zero-order chi connectivity index (χ0) is 41.5. The standard InChI is InChI=1S/C29H53N5O3.2C2H2.CH2B2.CH3B.CH3F.CH5N.CH2O/c1-26(25-35)19-16-17-24-30-29(37)23-18-21-27(36)20-14-12-10-8-6-4-2-3-5-7-9-11-13-15-22-28-31-33-34-32-28;2*1-2;2-1-3;4*1-2/h25-26H,2-24H2,1H3,(H,30,37)(H,31,32,33,34);2*1-2H;1H2;2*1H3;2H2,1H3;1H2. The quantitative estimate of drug-likeness (QED) is 0.0385. The van der Waals surface area contributed by atoms with Gasteiger partial charge in [-0.05, 0) is 39.2 Å². The molecule has 6 radical (unpaired) electrons. The van der Waals surface area contributed by atoms with Gasteiger partial charge in [0.1, 0.15) is 18.9 Å². The van der Waals surface area contributed by atoms with Crippen molar-refractivity contribution in [1.82, 2.24) is 25.9 Å². The summed E-state index contributed by atoms with van der Waals surface area (Å²) in [7, 11) is 15.8. The molecule has 52 heavy (non-hydrogen) atoms. The molecule has 1 aromatic rings. The van der Waals surface area contributed by atoms with Crippen LogP contribution in [0.15, 0.2) is 0 Å². The van der Waals surface area contributed by atoms with Crippen LogP contribution in [0.3, 0.4) is 0 Å². The number of nitrogens with zero attached hydrogens (tertiary/aromatic N) is 3. The molecular weight excluding hydrogens is 656 g/mol. The normalized spacial score (nSPS) is 9.27. The van der Waals surface area contributed by atoms with Gasteiger partial charge in [0.2, 0.25) is 5.91 Å². The number of ketones is 1. The maximum atomic E-state index is 12.0. The molecule has 0 aliphatic heterocycles. The van der Waals surface area contributed by atoms with Crippen molar-refractivity contribution < 1.29 is 23.6 Å². The van der Waals surface area contributed by atoms with Gasteiger partial charge < -0.3 is 20.6 Å². The van der Waals surface area contributed by atoms with E-state index in [-0.39, 0.29) is 18.0 Å². The second kappa shape index (κ2) is 69.5. The Hall–Kier alpha value is -3.25. The number of alkyl halides is 1. The number of carbonyl (C=O) groups excluding carboxylic acids is 4. The fourth-order valence-corrected chi connectivity index (χ4v) is 4.56. The number of carbonyl (C=O) groups is 4. The molecule has 1 aromatic heterocycles. The van der Waals surface area contributed by atoms with Gasteiger partial charge in [-0.3, -0.25) is 14.0 Å². The van der Waals surface area contributed by atoms with E-state index in [0.717, 1.165) is 57.1 Å². The molecule has 10 nitrogen and oxygen atoms in total. The van der Waals surface area contributed by atoms with E-state index in [2.05, 4.69) is 80.9 Å². The molecule has 1 unspecified atom stereocenters. The van der Waals surface area contributed by atoms with Crippen LogP contribution in [0.25, 0.3) is 0 Å². The first-order chi connectivity index (χ1) is 25.5. The molecule has 0 saturated heterocycles. The van der Waals surface area contributed by atoms with Crippen LogP contribution in [0.1, 0.15) is 148 Å². The van der Waals surface area contributed by atoms with Gasteiger partial charge in [-0.2, -0.15) is 5.21 Å². The number of H-pyrrole nitrogens is 1. The second-order valence-electron chi connectivity index (χ2n) is 10.9. The molecule has 0 saturated carbocycles. The van der Waals surface area contributed by atoms with Gasteiger partial charge in [0, 0.05) is 38.1 Å². The minimum absolute atomic E-state index is 0.0319. The summed E-state index contributed by atoms with van der Waals surface area (Å²) in [4.78, 5) is 42.4. The van der Waals surface area contributed by atoms with Crippen molar-refractivity contribution in [2.75, 3.05) is 20.8 Å². The number of nitrogens with one attached hydrogen (secondary N) is 2. The van der Waals surface area contributed by atoms with E-state index in [1.165, 1.54) is 84.5 Å². The van der Waals surface area contributed by atoms with Gasteiger partial charge in [0.05, 0.1) is 30.7 Å². The van der Waals surface area contributed by atoms with Crippen LogP contribution >= 0.6 is 0 Å². The van der Waals surface area contributed by atoms with Gasteiger partial charge in [0.15, 0.2) is 5.82 Å². The fourth-order valence-electron chi connectivity index (χ4n) is 4.56. The molecule has 0 aliphatic rings. The van der Waals surface area contributed by atoms with E-state index in [1.54, 1.807) is 0 Å². The number of hydrogen-bond acceptors (Lipinski definition) is 8. The number of Topliss-reactive ketones (excluding diaryl/α,β-unsaturated/α-hetero) is 1. The van der Waals surface area contributed by atoms with E-state index in [4.69, 9.17) is 4.79 Å². The highest BCUT2D eigenvalue weighted by molar-refractivity contribution is 6.31. The lowest BCUT2D eigenvalue weighted by Crippen LogP contribution is -2.24. The van der Waals surface area contributed by atoms with Gasteiger partial charge in [-0.25, -0.2) is 0 Å². The molecule has 0 aliphatic carbocycles. The molecular formula is C38H72B3FN6O4. The molecule has 1 atom stereocenters. The van der Waals surface area contributed by atoms with Gasteiger partial charge in [0.25, 0.3) is 0 Å². The molecule has 0 spiro atoms. The third-order valence-corrected chi connectivity index (χ3v) is 7.00. The number of amides is 1. The Kier molecular flexibility index (Phi) is 85.2.